The largest absolute Gasteiger partial charge is 0.475 e. The number of piperidine rings is 1. The molecule has 1 aliphatic heterocycles. The number of nitrogens with zero attached hydrogens (tertiary/aromatic N) is 4. The van der Waals surface area contributed by atoms with Gasteiger partial charge in [-0.2, -0.15) is 8.78 Å². The van der Waals surface area contributed by atoms with Gasteiger partial charge in [0.25, 0.3) is 17.7 Å². The lowest BCUT2D eigenvalue weighted by Gasteiger charge is -2.29. The van der Waals surface area contributed by atoms with Gasteiger partial charge in [-0.15, -0.1) is 10.2 Å². The molecule has 0 atom stereocenters. The molecule has 0 saturated carbocycles. The standard InChI is InChI=1S/C26H29F2N5O2/c1-4-35-25-22(33-12-6-5-7-13-33)16-21(31-32-25)20-15-19(9-8-17(20)2)30-24(34)18-10-11-29-23(14-18)26(3,27)28/h8-11,14-16H,4-7,12-13H2,1-3H3,(H,30,34). The highest BCUT2D eigenvalue weighted by Gasteiger charge is 2.27. The molecule has 0 unspecified atom stereocenters. The van der Waals surface area contributed by atoms with Gasteiger partial charge in [-0.1, -0.05) is 6.07 Å². The van der Waals surface area contributed by atoms with Gasteiger partial charge < -0.3 is 15.0 Å². The van der Waals surface area contributed by atoms with Crippen molar-refractivity contribution in [1.82, 2.24) is 15.2 Å². The maximum Gasteiger partial charge on any atom is 0.286 e. The lowest BCUT2D eigenvalue weighted by molar-refractivity contribution is 0.0127. The van der Waals surface area contributed by atoms with Crippen LogP contribution in [0.2, 0.25) is 0 Å². The third-order valence-electron chi connectivity index (χ3n) is 5.96. The first kappa shape index (κ1) is 24.5. The van der Waals surface area contributed by atoms with Crippen molar-refractivity contribution in [1.29, 1.82) is 0 Å². The van der Waals surface area contributed by atoms with Gasteiger partial charge in [0, 0.05) is 43.0 Å². The Kier molecular flexibility index (Phi) is 7.23. The van der Waals surface area contributed by atoms with E-state index in [1.807, 2.05) is 32.0 Å². The van der Waals surface area contributed by atoms with Crippen molar-refractivity contribution in [3.05, 3.63) is 59.4 Å². The van der Waals surface area contributed by atoms with Crippen LogP contribution in [0.3, 0.4) is 0 Å². The highest BCUT2D eigenvalue weighted by Crippen LogP contribution is 2.34. The number of alkyl halides is 2. The number of aryl methyl sites for hydroxylation is 1. The van der Waals surface area contributed by atoms with Crippen LogP contribution in [0, 0.1) is 6.92 Å². The van der Waals surface area contributed by atoms with Crippen molar-refractivity contribution in [3.8, 4) is 17.1 Å². The molecule has 3 aromatic rings. The molecule has 184 valence electrons. The fraction of sp³-hybridized carbons (Fsp3) is 0.385. The number of anilines is 2. The summed E-state index contributed by atoms with van der Waals surface area (Å²) in [6, 6.07) is 9.95. The first-order valence-corrected chi connectivity index (χ1v) is 11.8. The van der Waals surface area contributed by atoms with Gasteiger partial charge in [-0.05, 0) is 69.0 Å². The molecule has 1 aromatic carbocycles. The minimum absolute atomic E-state index is 0.104. The van der Waals surface area contributed by atoms with Gasteiger partial charge >= 0.3 is 0 Å². The third-order valence-corrected chi connectivity index (χ3v) is 5.96. The zero-order chi connectivity index (χ0) is 25.0. The van der Waals surface area contributed by atoms with E-state index in [1.165, 1.54) is 18.7 Å². The zero-order valence-corrected chi connectivity index (χ0v) is 20.1. The number of rotatable bonds is 7. The van der Waals surface area contributed by atoms with E-state index in [0.29, 0.717) is 23.9 Å². The normalized spacial score (nSPS) is 14.0. The summed E-state index contributed by atoms with van der Waals surface area (Å²) in [6.45, 7) is 6.99. The van der Waals surface area contributed by atoms with Crippen LogP contribution >= 0.6 is 0 Å². The van der Waals surface area contributed by atoms with E-state index in [4.69, 9.17) is 4.74 Å². The zero-order valence-electron chi connectivity index (χ0n) is 20.1. The van der Waals surface area contributed by atoms with Gasteiger partial charge in [0.1, 0.15) is 11.4 Å². The summed E-state index contributed by atoms with van der Waals surface area (Å²) in [6.07, 6.45) is 4.65. The molecule has 0 bridgehead atoms. The molecule has 9 heteroatoms. The highest BCUT2D eigenvalue weighted by atomic mass is 19.3. The molecule has 4 rings (SSSR count). The highest BCUT2D eigenvalue weighted by molar-refractivity contribution is 6.04. The Hall–Kier alpha value is -3.62. The first-order valence-electron chi connectivity index (χ1n) is 11.8. The fourth-order valence-corrected chi connectivity index (χ4v) is 4.09. The number of aromatic nitrogens is 3. The number of halogens is 2. The van der Waals surface area contributed by atoms with Crippen LogP contribution in [0.1, 0.15) is 54.7 Å². The average Bonchev–Trinajstić information content (AvgIpc) is 2.86. The van der Waals surface area contributed by atoms with Gasteiger partial charge in [0.05, 0.1) is 12.3 Å². The lowest BCUT2D eigenvalue weighted by atomic mass is 10.0. The van der Waals surface area contributed by atoms with Gasteiger partial charge in [-0.25, -0.2) is 0 Å². The molecule has 0 aliphatic carbocycles. The molecule has 7 nitrogen and oxygen atoms in total. The predicted octanol–water partition coefficient (Wildman–Crippen LogP) is 5.60. The van der Waals surface area contributed by atoms with Gasteiger partial charge in [0.15, 0.2) is 0 Å². The second kappa shape index (κ2) is 10.3. The minimum Gasteiger partial charge on any atom is -0.475 e. The Bertz CT molecular complexity index is 1210. The van der Waals surface area contributed by atoms with Crippen LogP contribution < -0.4 is 15.0 Å². The average molecular weight is 482 g/mol. The molecule has 35 heavy (non-hydrogen) atoms. The summed E-state index contributed by atoms with van der Waals surface area (Å²) in [5, 5.41) is 11.5. The number of pyridine rings is 1. The number of hydrogen-bond acceptors (Lipinski definition) is 6. The monoisotopic (exact) mass is 481 g/mol. The Labute approximate surface area is 203 Å². The van der Waals surface area contributed by atoms with Crippen molar-refractivity contribution in [2.24, 2.45) is 0 Å². The first-order chi connectivity index (χ1) is 16.8. The summed E-state index contributed by atoms with van der Waals surface area (Å²) in [4.78, 5) is 18.7. The topological polar surface area (TPSA) is 80.2 Å². The molecule has 3 heterocycles. The van der Waals surface area contributed by atoms with Crippen LogP contribution in [0.5, 0.6) is 5.88 Å². The summed E-state index contributed by atoms with van der Waals surface area (Å²) in [5.41, 5.74) is 3.52. The lowest BCUT2D eigenvalue weighted by Crippen LogP contribution is -2.30. The quantitative estimate of drug-likeness (QED) is 0.473. The molecule has 2 aromatic heterocycles. The molecule has 1 N–H and O–H groups in total. The van der Waals surface area contributed by atoms with E-state index in [9.17, 15) is 13.6 Å². The van der Waals surface area contributed by atoms with E-state index in [2.05, 4.69) is 25.4 Å². The number of carbonyl (C=O) groups is 1. The molecule has 1 saturated heterocycles. The fourth-order valence-electron chi connectivity index (χ4n) is 4.09. The van der Waals surface area contributed by atoms with Gasteiger partial charge in [-0.3, -0.25) is 9.78 Å². The van der Waals surface area contributed by atoms with Crippen LogP contribution in [0.25, 0.3) is 11.3 Å². The smallest absolute Gasteiger partial charge is 0.286 e. The molecular weight excluding hydrogens is 452 g/mol. The number of benzene rings is 1. The van der Waals surface area contributed by atoms with Crippen molar-refractivity contribution >= 4 is 17.3 Å². The Balaban J connectivity index is 1.63. The number of carbonyl (C=O) groups excluding carboxylic acids is 1. The van der Waals surface area contributed by atoms with Gasteiger partial charge in [0.2, 0.25) is 0 Å². The van der Waals surface area contributed by atoms with E-state index < -0.39 is 17.5 Å². The molecule has 1 amide bonds. The van der Waals surface area contributed by atoms with E-state index >= 15 is 0 Å². The molecule has 1 fully saturated rings. The Morgan fingerprint density at radius 1 is 1.11 bits per heavy atom. The van der Waals surface area contributed by atoms with Crippen molar-refractivity contribution in [3.63, 3.8) is 0 Å². The molecule has 1 aliphatic rings. The Morgan fingerprint density at radius 2 is 1.89 bits per heavy atom. The third kappa shape index (κ3) is 5.72. The summed E-state index contributed by atoms with van der Waals surface area (Å²) >= 11 is 0. The maximum absolute atomic E-state index is 13.6. The van der Waals surface area contributed by atoms with E-state index in [0.717, 1.165) is 55.7 Å². The molecule has 0 spiro atoms. The van der Waals surface area contributed by atoms with Crippen LogP contribution in [-0.2, 0) is 5.92 Å². The number of hydrogen-bond donors (Lipinski definition) is 1. The number of ether oxygens (including phenoxy) is 1. The Morgan fingerprint density at radius 3 is 2.60 bits per heavy atom. The number of amides is 1. The van der Waals surface area contributed by atoms with Crippen molar-refractivity contribution < 1.29 is 18.3 Å². The van der Waals surface area contributed by atoms with E-state index in [-0.39, 0.29) is 5.56 Å². The van der Waals surface area contributed by atoms with Crippen LogP contribution in [0.15, 0.2) is 42.6 Å². The molecular formula is C26H29F2N5O2. The maximum atomic E-state index is 13.6. The van der Waals surface area contributed by atoms with Crippen LogP contribution in [0.4, 0.5) is 20.2 Å². The second-order valence-electron chi connectivity index (χ2n) is 8.70. The minimum atomic E-state index is -3.13. The van der Waals surface area contributed by atoms with E-state index in [1.54, 1.807) is 6.07 Å². The second-order valence-corrected chi connectivity index (χ2v) is 8.70. The summed E-state index contributed by atoms with van der Waals surface area (Å²) in [7, 11) is 0. The van der Waals surface area contributed by atoms with Crippen molar-refractivity contribution in [2.75, 3.05) is 29.9 Å². The predicted molar refractivity (Wildman–Crippen MR) is 131 cm³/mol. The summed E-state index contributed by atoms with van der Waals surface area (Å²) in [5.74, 6) is -3.12. The SMILES string of the molecule is CCOc1nnc(-c2cc(NC(=O)c3ccnc(C(C)(F)F)c3)ccc2C)cc1N1CCCCC1. The van der Waals surface area contributed by atoms with Crippen LogP contribution in [-0.4, -0.2) is 40.8 Å². The number of nitrogens with one attached hydrogen (secondary N) is 1. The van der Waals surface area contributed by atoms with Crippen molar-refractivity contribution in [2.45, 2.75) is 46.0 Å². The molecule has 0 radical (unpaired) electrons. The summed E-state index contributed by atoms with van der Waals surface area (Å²) < 4.78 is 33.0.